The van der Waals surface area contributed by atoms with E-state index >= 15 is 0 Å². The van der Waals surface area contributed by atoms with Crippen molar-refractivity contribution in [3.05, 3.63) is 47.7 Å². The number of fused-ring (bicyclic) bond motifs is 3. The molecule has 0 fully saturated rings. The molecule has 6 heteroatoms. The minimum absolute atomic E-state index is 0.120. The van der Waals surface area contributed by atoms with Gasteiger partial charge in [-0.2, -0.15) is 0 Å². The third kappa shape index (κ3) is 5.00. The molecule has 1 aromatic carbocycles. The molecule has 2 heterocycles. The van der Waals surface area contributed by atoms with E-state index in [0.717, 1.165) is 35.1 Å². The number of rotatable bonds is 4. The predicted octanol–water partition coefficient (Wildman–Crippen LogP) is 4.47. The molecule has 1 aliphatic heterocycles. The molecule has 0 radical (unpaired) electrons. The van der Waals surface area contributed by atoms with E-state index in [0.29, 0.717) is 13.0 Å². The van der Waals surface area contributed by atoms with Crippen LogP contribution in [0.2, 0.25) is 0 Å². The standard InChI is InChI=1S/C25H30N2O4/c1-6-7-16-26-17-15-19-18-11-8-9-12-20(18)27(24(29)31-25(2,3)4)23(19)21(26)13-10-14-22(28)30-5/h8-12,14,21H,13,15-17H2,1-5H3/b14-10+/t21-/m0/s1. The fourth-order valence-corrected chi connectivity index (χ4v) is 4.02. The van der Waals surface area contributed by atoms with Gasteiger partial charge in [-0.05, 0) is 52.2 Å². The number of aromatic nitrogens is 1. The molecule has 0 N–H and O–H groups in total. The third-order valence-corrected chi connectivity index (χ3v) is 5.28. The van der Waals surface area contributed by atoms with Gasteiger partial charge in [-0.3, -0.25) is 4.90 Å². The molecule has 0 spiro atoms. The monoisotopic (exact) mass is 422 g/mol. The summed E-state index contributed by atoms with van der Waals surface area (Å²) in [6, 6.07) is 7.81. The molecule has 3 rings (SSSR count). The molecule has 1 atom stereocenters. The molecular formula is C25H30N2O4. The lowest BCUT2D eigenvalue weighted by molar-refractivity contribution is -0.134. The fraction of sp³-hybridized carbons (Fsp3) is 0.440. The maximum Gasteiger partial charge on any atom is 0.419 e. The number of nitrogens with zero attached hydrogens (tertiary/aromatic N) is 2. The van der Waals surface area contributed by atoms with Crippen molar-refractivity contribution in [2.24, 2.45) is 0 Å². The Morgan fingerprint density at radius 1 is 1.26 bits per heavy atom. The highest BCUT2D eigenvalue weighted by Gasteiger charge is 2.35. The van der Waals surface area contributed by atoms with Crippen LogP contribution in [-0.2, 0) is 20.7 Å². The second kappa shape index (κ2) is 9.40. The van der Waals surface area contributed by atoms with Crippen molar-refractivity contribution in [1.29, 1.82) is 0 Å². The molecule has 0 unspecified atom stereocenters. The van der Waals surface area contributed by atoms with Gasteiger partial charge in [0.25, 0.3) is 0 Å². The molecular weight excluding hydrogens is 392 g/mol. The summed E-state index contributed by atoms with van der Waals surface area (Å²) < 4.78 is 12.2. The van der Waals surface area contributed by atoms with Gasteiger partial charge in [-0.1, -0.05) is 30.2 Å². The molecule has 1 aliphatic rings. The van der Waals surface area contributed by atoms with Gasteiger partial charge in [0.1, 0.15) is 5.60 Å². The van der Waals surface area contributed by atoms with Gasteiger partial charge in [0.15, 0.2) is 0 Å². The Morgan fingerprint density at radius 3 is 2.68 bits per heavy atom. The summed E-state index contributed by atoms with van der Waals surface area (Å²) >= 11 is 0. The van der Waals surface area contributed by atoms with E-state index in [1.165, 1.54) is 13.2 Å². The Bertz CT molecular complexity index is 1060. The minimum Gasteiger partial charge on any atom is -0.466 e. The van der Waals surface area contributed by atoms with E-state index in [9.17, 15) is 9.59 Å². The van der Waals surface area contributed by atoms with Gasteiger partial charge in [-0.25, -0.2) is 14.2 Å². The average Bonchev–Trinajstić information content (AvgIpc) is 3.06. The first-order chi connectivity index (χ1) is 14.8. The van der Waals surface area contributed by atoms with E-state index in [1.54, 1.807) is 10.6 Å². The molecule has 164 valence electrons. The smallest absolute Gasteiger partial charge is 0.419 e. The lowest BCUT2D eigenvalue weighted by Crippen LogP contribution is -2.38. The van der Waals surface area contributed by atoms with Crippen LogP contribution >= 0.6 is 0 Å². The lowest BCUT2D eigenvalue weighted by atomic mass is 9.95. The zero-order chi connectivity index (χ0) is 22.6. The second-order valence-electron chi connectivity index (χ2n) is 8.52. The number of para-hydroxylation sites is 1. The van der Waals surface area contributed by atoms with Gasteiger partial charge in [0, 0.05) is 18.0 Å². The third-order valence-electron chi connectivity index (χ3n) is 5.28. The summed E-state index contributed by atoms with van der Waals surface area (Å²) in [5.74, 6) is 5.70. The second-order valence-corrected chi connectivity index (χ2v) is 8.52. The van der Waals surface area contributed by atoms with Crippen LogP contribution in [0.3, 0.4) is 0 Å². The molecule has 0 saturated heterocycles. The number of hydrogen-bond acceptors (Lipinski definition) is 5. The van der Waals surface area contributed by atoms with Crippen molar-refractivity contribution in [2.45, 2.75) is 52.2 Å². The summed E-state index contributed by atoms with van der Waals surface area (Å²) in [6.45, 7) is 8.82. The highest BCUT2D eigenvalue weighted by molar-refractivity contribution is 5.94. The van der Waals surface area contributed by atoms with Crippen molar-refractivity contribution < 1.29 is 19.1 Å². The first-order valence-corrected chi connectivity index (χ1v) is 10.5. The molecule has 0 amide bonds. The molecule has 0 saturated carbocycles. The highest BCUT2D eigenvalue weighted by Crippen LogP contribution is 2.39. The van der Waals surface area contributed by atoms with Crippen LogP contribution in [0, 0.1) is 11.8 Å². The predicted molar refractivity (Wildman–Crippen MR) is 121 cm³/mol. The lowest BCUT2D eigenvalue weighted by Gasteiger charge is -2.35. The summed E-state index contributed by atoms with van der Waals surface area (Å²) in [7, 11) is 1.36. The number of hydrogen-bond donors (Lipinski definition) is 0. The van der Waals surface area contributed by atoms with Crippen LogP contribution in [0.4, 0.5) is 4.79 Å². The fourth-order valence-electron chi connectivity index (χ4n) is 4.02. The highest BCUT2D eigenvalue weighted by atomic mass is 16.6. The molecule has 6 nitrogen and oxygen atoms in total. The molecule has 0 aliphatic carbocycles. The summed E-state index contributed by atoms with van der Waals surface area (Å²) in [5, 5.41) is 1.06. The number of methoxy groups -OCH3 is 1. The maximum atomic E-state index is 13.3. The average molecular weight is 423 g/mol. The van der Waals surface area contributed by atoms with Crippen LogP contribution in [0.15, 0.2) is 36.4 Å². The van der Waals surface area contributed by atoms with Gasteiger partial charge < -0.3 is 9.47 Å². The quantitative estimate of drug-likeness (QED) is 0.413. The maximum absolute atomic E-state index is 13.3. The van der Waals surface area contributed by atoms with E-state index in [1.807, 2.05) is 45.9 Å². The zero-order valence-electron chi connectivity index (χ0n) is 18.9. The summed E-state index contributed by atoms with van der Waals surface area (Å²) in [5.41, 5.74) is 2.29. The Hall–Kier alpha value is -3.04. The summed E-state index contributed by atoms with van der Waals surface area (Å²) in [6.07, 6.45) is 4.20. The summed E-state index contributed by atoms with van der Waals surface area (Å²) in [4.78, 5) is 27.2. The molecule has 1 aromatic heterocycles. The molecule has 0 bridgehead atoms. The Labute approximate surface area is 183 Å². The van der Waals surface area contributed by atoms with Gasteiger partial charge in [0.05, 0.1) is 30.9 Å². The van der Waals surface area contributed by atoms with Crippen molar-refractivity contribution in [2.75, 3.05) is 20.2 Å². The number of esters is 1. The minimum atomic E-state index is -0.613. The van der Waals surface area contributed by atoms with Gasteiger partial charge in [-0.15, -0.1) is 5.92 Å². The van der Waals surface area contributed by atoms with Crippen LogP contribution < -0.4 is 0 Å². The Morgan fingerprint density at radius 2 is 2.00 bits per heavy atom. The Kier molecular flexibility index (Phi) is 6.87. The Balaban J connectivity index is 2.15. The number of ether oxygens (including phenoxy) is 2. The van der Waals surface area contributed by atoms with Crippen LogP contribution in [0.1, 0.15) is 51.4 Å². The van der Waals surface area contributed by atoms with Crippen molar-refractivity contribution in [1.82, 2.24) is 9.47 Å². The first kappa shape index (κ1) is 22.6. The normalized spacial score (nSPS) is 16.6. The molecule has 31 heavy (non-hydrogen) atoms. The van der Waals surface area contributed by atoms with E-state index < -0.39 is 17.7 Å². The van der Waals surface area contributed by atoms with Gasteiger partial charge >= 0.3 is 12.1 Å². The van der Waals surface area contributed by atoms with Crippen molar-refractivity contribution >= 4 is 23.0 Å². The topological polar surface area (TPSA) is 60.8 Å². The largest absolute Gasteiger partial charge is 0.466 e. The SMILES string of the molecule is CC#CCN1CCc2c(n(C(=O)OC(C)(C)C)c3ccccc23)[C@@H]1C/C=C/C(=O)OC. The zero-order valence-corrected chi connectivity index (χ0v) is 18.9. The number of carbonyl (C=O) groups is 2. The van der Waals surface area contributed by atoms with Crippen molar-refractivity contribution in [3.63, 3.8) is 0 Å². The van der Waals surface area contributed by atoms with Crippen LogP contribution in [0.5, 0.6) is 0 Å². The van der Waals surface area contributed by atoms with Gasteiger partial charge in [0.2, 0.25) is 0 Å². The number of benzene rings is 1. The van der Waals surface area contributed by atoms with E-state index in [-0.39, 0.29) is 6.04 Å². The number of carbonyl (C=O) groups excluding carboxylic acids is 2. The van der Waals surface area contributed by atoms with Crippen LogP contribution in [0.25, 0.3) is 10.9 Å². The van der Waals surface area contributed by atoms with E-state index in [2.05, 4.69) is 22.8 Å². The molecule has 2 aromatic rings. The van der Waals surface area contributed by atoms with E-state index in [4.69, 9.17) is 9.47 Å². The first-order valence-electron chi connectivity index (χ1n) is 10.5. The van der Waals surface area contributed by atoms with Crippen molar-refractivity contribution in [3.8, 4) is 11.8 Å². The van der Waals surface area contributed by atoms with Crippen LogP contribution in [-0.4, -0.2) is 47.3 Å².